The van der Waals surface area contributed by atoms with E-state index in [9.17, 15) is 0 Å². The van der Waals surface area contributed by atoms with Crippen molar-refractivity contribution >= 4 is 11.3 Å². The van der Waals surface area contributed by atoms with E-state index in [1.807, 2.05) is 19.3 Å². The van der Waals surface area contributed by atoms with Crippen molar-refractivity contribution < 1.29 is 0 Å². The molecule has 2 aromatic heterocycles. The monoisotopic (exact) mass is 278 g/mol. The van der Waals surface area contributed by atoms with Crippen LogP contribution < -0.4 is 5.32 Å². The van der Waals surface area contributed by atoms with Gasteiger partial charge in [-0.3, -0.25) is 0 Å². The second-order valence-electron chi connectivity index (χ2n) is 4.82. The first-order valence-corrected chi connectivity index (χ1v) is 7.71. The number of imidazole rings is 1. The Hall–Kier alpha value is -1.20. The van der Waals surface area contributed by atoms with Gasteiger partial charge in [-0.2, -0.15) is 0 Å². The van der Waals surface area contributed by atoms with Gasteiger partial charge in [0.2, 0.25) is 0 Å². The largest absolute Gasteiger partial charge is 0.334 e. The van der Waals surface area contributed by atoms with Crippen LogP contribution in [0.15, 0.2) is 17.8 Å². The molecule has 0 radical (unpaired) electrons. The fourth-order valence-electron chi connectivity index (χ4n) is 2.01. The third-order valence-electron chi connectivity index (χ3n) is 3.19. The van der Waals surface area contributed by atoms with Crippen LogP contribution in [-0.2, 0) is 19.4 Å². The van der Waals surface area contributed by atoms with Crippen LogP contribution in [0.1, 0.15) is 30.4 Å². The van der Waals surface area contributed by atoms with E-state index in [2.05, 4.69) is 39.1 Å². The van der Waals surface area contributed by atoms with Crippen molar-refractivity contribution in [2.45, 2.75) is 46.2 Å². The summed E-state index contributed by atoms with van der Waals surface area (Å²) in [5.74, 6) is 1.07. The zero-order chi connectivity index (χ0) is 13.7. The normalized spacial score (nSPS) is 12.8. The smallest absolute Gasteiger partial charge is 0.105 e. The van der Waals surface area contributed by atoms with Crippen molar-refractivity contribution in [2.75, 3.05) is 6.54 Å². The molecular formula is C14H22N4S. The van der Waals surface area contributed by atoms with Crippen LogP contribution in [0.5, 0.6) is 0 Å². The molecule has 0 aliphatic carbocycles. The van der Waals surface area contributed by atoms with Gasteiger partial charge in [-0.15, -0.1) is 11.3 Å². The summed E-state index contributed by atoms with van der Waals surface area (Å²) in [6.07, 6.45) is 5.92. The predicted molar refractivity (Wildman–Crippen MR) is 79.6 cm³/mol. The summed E-state index contributed by atoms with van der Waals surface area (Å²) >= 11 is 1.77. The topological polar surface area (TPSA) is 42.7 Å². The number of hydrogen-bond donors (Lipinski definition) is 1. The van der Waals surface area contributed by atoms with Gasteiger partial charge in [0.25, 0.3) is 0 Å². The van der Waals surface area contributed by atoms with Crippen LogP contribution >= 0.6 is 11.3 Å². The first-order valence-electron chi connectivity index (χ1n) is 6.83. The number of aryl methyl sites for hydroxylation is 2. The maximum Gasteiger partial charge on any atom is 0.105 e. The highest BCUT2D eigenvalue weighted by atomic mass is 32.1. The zero-order valence-corrected chi connectivity index (χ0v) is 12.7. The lowest BCUT2D eigenvalue weighted by molar-refractivity contribution is 0.474. The van der Waals surface area contributed by atoms with E-state index >= 15 is 0 Å². The highest BCUT2D eigenvalue weighted by Gasteiger charge is 2.05. The van der Waals surface area contributed by atoms with E-state index in [1.54, 1.807) is 11.3 Å². The highest BCUT2D eigenvalue weighted by molar-refractivity contribution is 7.09. The van der Waals surface area contributed by atoms with Crippen molar-refractivity contribution in [1.29, 1.82) is 0 Å². The fourth-order valence-corrected chi connectivity index (χ4v) is 2.89. The van der Waals surface area contributed by atoms with Gasteiger partial charge < -0.3 is 9.88 Å². The molecular weight excluding hydrogens is 256 g/mol. The lowest BCUT2D eigenvalue weighted by Gasteiger charge is -2.14. The van der Waals surface area contributed by atoms with Crippen molar-refractivity contribution in [3.8, 4) is 0 Å². The molecule has 2 heterocycles. The summed E-state index contributed by atoms with van der Waals surface area (Å²) in [7, 11) is 0. The number of nitrogens with zero attached hydrogens (tertiary/aromatic N) is 3. The fraction of sp³-hybridized carbons (Fsp3) is 0.571. The number of aromatic nitrogens is 3. The quantitative estimate of drug-likeness (QED) is 0.846. The third-order valence-corrected chi connectivity index (χ3v) is 4.14. The van der Waals surface area contributed by atoms with E-state index in [-0.39, 0.29) is 0 Å². The van der Waals surface area contributed by atoms with Crippen LogP contribution in [0, 0.1) is 6.92 Å². The highest BCUT2D eigenvalue weighted by Crippen LogP contribution is 2.10. The summed E-state index contributed by atoms with van der Waals surface area (Å²) in [6.45, 7) is 8.33. The molecule has 0 aromatic carbocycles. The van der Waals surface area contributed by atoms with E-state index in [0.717, 1.165) is 31.8 Å². The Kier molecular flexibility index (Phi) is 5.10. The van der Waals surface area contributed by atoms with Gasteiger partial charge >= 0.3 is 0 Å². The van der Waals surface area contributed by atoms with Gasteiger partial charge in [-0.05, 0) is 20.3 Å². The Morgan fingerprint density at radius 1 is 1.47 bits per heavy atom. The van der Waals surface area contributed by atoms with Crippen molar-refractivity contribution in [2.24, 2.45) is 0 Å². The Balaban J connectivity index is 1.72. The SMILES string of the molecule is CCc1csc(CCN[C@H](C)Cn2ccnc2C)n1. The van der Waals surface area contributed by atoms with Gasteiger partial charge in [0.15, 0.2) is 0 Å². The Bertz CT molecular complexity index is 503. The summed E-state index contributed by atoms with van der Waals surface area (Å²) in [5, 5.41) is 6.93. The first-order chi connectivity index (χ1) is 9.19. The minimum Gasteiger partial charge on any atom is -0.334 e. The molecule has 0 spiro atoms. The van der Waals surface area contributed by atoms with E-state index < -0.39 is 0 Å². The Morgan fingerprint density at radius 2 is 2.32 bits per heavy atom. The third kappa shape index (κ3) is 4.14. The number of thiazole rings is 1. The molecule has 0 saturated heterocycles. The Morgan fingerprint density at radius 3 is 2.95 bits per heavy atom. The van der Waals surface area contributed by atoms with Gasteiger partial charge in [-0.25, -0.2) is 9.97 Å². The average molecular weight is 278 g/mol. The molecule has 1 N–H and O–H groups in total. The predicted octanol–water partition coefficient (Wildman–Crippen LogP) is 2.43. The zero-order valence-electron chi connectivity index (χ0n) is 11.9. The lowest BCUT2D eigenvalue weighted by Crippen LogP contribution is -2.32. The summed E-state index contributed by atoms with van der Waals surface area (Å²) in [4.78, 5) is 8.82. The number of hydrogen-bond acceptors (Lipinski definition) is 4. The molecule has 0 amide bonds. The van der Waals surface area contributed by atoms with Crippen LogP contribution in [-0.4, -0.2) is 27.1 Å². The van der Waals surface area contributed by atoms with Crippen LogP contribution in [0.2, 0.25) is 0 Å². The molecule has 2 rings (SSSR count). The van der Waals surface area contributed by atoms with Crippen LogP contribution in [0.25, 0.3) is 0 Å². The lowest BCUT2D eigenvalue weighted by atomic mass is 10.3. The molecule has 0 aliphatic heterocycles. The number of rotatable bonds is 7. The number of nitrogens with one attached hydrogen (secondary N) is 1. The summed E-state index contributed by atoms with van der Waals surface area (Å²) in [5.41, 5.74) is 1.21. The summed E-state index contributed by atoms with van der Waals surface area (Å²) < 4.78 is 2.18. The van der Waals surface area contributed by atoms with Crippen LogP contribution in [0.4, 0.5) is 0 Å². The van der Waals surface area contributed by atoms with Crippen molar-refractivity contribution in [1.82, 2.24) is 19.9 Å². The van der Waals surface area contributed by atoms with Gasteiger partial charge in [-0.1, -0.05) is 6.92 Å². The second-order valence-corrected chi connectivity index (χ2v) is 5.76. The molecule has 0 unspecified atom stereocenters. The average Bonchev–Trinajstić information content (AvgIpc) is 2.99. The van der Waals surface area contributed by atoms with E-state index in [1.165, 1.54) is 10.7 Å². The minimum absolute atomic E-state index is 0.443. The molecule has 0 bridgehead atoms. The van der Waals surface area contributed by atoms with E-state index in [4.69, 9.17) is 0 Å². The van der Waals surface area contributed by atoms with Gasteiger partial charge in [0.1, 0.15) is 5.82 Å². The Labute approximate surface area is 118 Å². The van der Waals surface area contributed by atoms with Gasteiger partial charge in [0, 0.05) is 43.3 Å². The molecule has 0 aliphatic rings. The van der Waals surface area contributed by atoms with Crippen LogP contribution in [0.3, 0.4) is 0 Å². The molecule has 0 saturated carbocycles. The molecule has 4 nitrogen and oxygen atoms in total. The molecule has 5 heteroatoms. The van der Waals surface area contributed by atoms with Crippen molar-refractivity contribution in [3.63, 3.8) is 0 Å². The van der Waals surface area contributed by atoms with Crippen molar-refractivity contribution in [3.05, 3.63) is 34.3 Å². The molecule has 104 valence electrons. The van der Waals surface area contributed by atoms with E-state index in [0.29, 0.717) is 6.04 Å². The maximum absolute atomic E-state index is 4.58. The van der Waals surface area contributed by atoms with Gasteiger partial charge in [0.05, 0.1) is 10.7 Å². The molecule has 19 heavy (non-hydrogen) atoms. The maximum atomic E-state index is 4.58. The molecule has 0 fully saturated rings. The summed E-state index contributed by atoms with van der Waals surface area (Å²) in [6, 6.07) is 0.443. The minimum atomic E-state index is 0.443. The molecule has 1 atom stereocenters. The molecule has 2 aromatic rings. The standard InChI is InChI=1S/C14H22N4S/c1-4-13-10-19-14(17-13)5-6-15-11(2)9-18-8-7-16-12(18)3/h7-8,10-11,15H,4-6,9H2,1-3H3/t11-/m1/s1. The second kappa shape index (κ2) is 6.82. The first kappa shape index (κ1) is 14.2.